The highest BCUT2D eigenvalue weighted by Gasteiger charge is 2.63. The monoisotopic (exact) mass is 375 g/mol. The molecule has 0 spiro atoms. The van der Waals surface area contributed by atoms with Crippen LogP contribution in [0, 0.1) is 13.8 Å². The van der Waals surface area contributed by atoms with E-state index >= 15 is 0 Å². The fourth-order valence-electron chi connectivity index (χ4n) is 2.20. The second kappa shape index (κ2) is 6.51. The summed E-state index contributed by atoms with van der Waals surface area (Å²) in [5.41, 5.74) is -1.05. The Labute approximate surface area is 145 Å². The van der Waals surface area contributed by atoms with Gasteiger partial charge in [0, 0.05) is 6.92 Å². The van der Waals surface area contributed by atoms with E-state index < -0.39 is 23.7 Å². The van der Waals surface area contributed by atoms with Gasteiger partial charge in [0.1, 0.15) is 0 Å². The van der Waals surface area contributed by atoms with E-state index in [1.54, 1.807) is 17.4 Å². The predicted octanol–water partition coefficient (Wildman–Crippen LogP) is 2.89. The van der Waals surface area contributed by atoms with Gasteiger partial charge in [0.2, 0.25) is 5.91 Å². The third-order valence-corrected chi connectivity index (χ3v) is 4.51. The van der Waals surface area contributed by atoms with Crippen molar-refractivity contribution in [3.05, 3.63) is 23.3 Å². The van der Waals surface area contributed by atoms with E-state index in [4.69, 9.17) is 0 Å². The van der Waals surface area contributed by atoms with Gasteiger partial charge in [-0.15, -0.1) is 0 Å². The second-order valence-electron chi connectivity index (χ2n) is 5.47. The molecule has 0 bridgehead atoms. The van der Waals surface area contributed by atoms with Crippen molar-refractivity contribution >= 4 is 38.6 Å². The van der Waals surface area contributed by atoms with Crippen molar-refractivity contribution < 1.29 is 27.5 Å². The number of esters is 1. The number of nitrogens with one attached hydrogen (secondary N) is 2. The molecule has 1 aromatic carbocycles. The van der Waals surface area contributed by atoms with Crippen molar-refractivity contribution in [2.45, 2.75) is 32.6 Å². The summed E-state index contributed by atoms with van der Waals surface area (Å²) in [6.07, 6.45) is -5.16. The van der Waals surface area contributed by atoms with E-state index in [1.165, 1.54) is 0 Å². The zero-order chi connectivity index (χ0) is 19.0. The van der Waals surface area contributed by atoms with Crippen LogP contribution in [0.5, 0.6) is 0 Å². The fraction of sp³-hybridized carbons (Fsp3) is 0.400. The van der Waals surface area contributed by atoms with E-state index in [-0.39, 0.29) is 5.13 Å². The minimum Gasteiger partial charge on any atom is -0.466 e. The Kier molecular flexibility index (Phi) is 4.94. The summed E-state index contributed by atoms with van der Waals surface area (Å²) < 4.78 is 45.8. The molecule has 0 saturated heterocycles. The van der Waals surface area contributed by atoms with Gasteiger partial charge >= 0.3 is 17.8 Å². The molecule has 6 nitrogen and oxygen atoms in total. The number of amides is 1. The second-order valence-corrected chi connectivity index (χ2v) is 6.50. The Balaban J connectivity index is 2.55. The summed E-state index contributed by atoms with van der Waals surface area (Å²) >= 11 is 0.937. The third-order valence-electron chi connectivity index (χ3n) is 3.58. The molecule has 0 radical (unpaired) electrons. The Morgan fingerprint density at radius 2 is 1.80 bits per heavy atom. The molecule has 136 valence electrons. The molecule has 0 saturated carbocycles. The number of alkyl halides is 3. The third kappa shape index (κ3) is 3.53. The number of halogens is 3. The SMILES string of the molecule is COC(=O)C(NC(C)=O)(Nc1nc2cc(C)c(C)cc2s1)C(F)(F)F. The highest BCUT2D eigenvalue weighted by molar-refractivity contribution is 7.22. The van der Waals surface area contributed by atoms with E-state index in [0.29, 0.717) is 10.2 Å². The maximum absolute atomic E-state index is 13.6. The lowest BCUT2D eigenvalue weighted by atomic mass is 10.1. The first-order valence-corrected chi connectivity index (χ1v) is 7.91. The van der Waals surface area contributed by atoms with Crippen LogP contribution in [0.1, 0.15) is 18.1 Å². The first kappa shape index (κ1) is 19.0. The van der Waals surface area contributed by atoms with Crippen molar-refractivity contribution in [1.82, 2.24) is 10.3 Å². The Morgan fingerprint density at radius 3 is 2.32 bits per heavy atom. The van der Waals surface area contributed by atoms with Crippen molar-refractivity contribution in [3.63, 3.8) is 0 Å². The minimum absolute atomic E-state index is 0.170. The Bertz CT molecular complexity index is 796. The number of aromatic nitrogens is 1. The van der Waals surface area contributed by atoms with Gasteiger partial charge in [-0.3, -0.25) is 4.79 Å². The summed E-state index contributed by atoms with van der Waals surface area (Å²) in [6, 6.07) is 3.53. The van der Waals surface area contributed by atoms with Crippen LogP contribution in [0.3, 0.4) is 0 Å². The average Bonchev–Trinajstić information content (AvgIpc) is 2.85. The molecule has 1 amide bonds. The zero-order valence-corrected chi connectivity index (χ0v) is 14.7. The molecule has 0 aliphatic rings. The molecule has 10 heteroatoms. The van der Waals surface area contributed by atoms with Crippen molar-refractivity contribution in [3.8, 4) is 0 Å². The summed E-state index contributed by atoms with van der Waals surface area (Å²) in [5.74, 6) is -2.75. The van der Waals surface area contributed by atoms with Crippen molar-refractivity contribution in [2.75, 3.05) is 12.4 Å². The number of aryl methyl sites for hydroxylation is 2. The lowest BCUT2D eigenvalue weighted by Gasteiger charge is -2.33. The van der Waals surface area contributed by atoms with Gasteiger partial charge in [0.15, 0.2) is 5.13 Å². The molecule has 25 heavy (non-hydrogen) atoms. The van der Waals surface area contributed by atoms with Crippen LogP contribution in [-0.4, -0.2) is 35.8 Å². The smallest absolute Gasteiger partial charge is 0.442 e. The lowest BCUT2D eigenvalue weighted by Crippen LogP contribution is -2.69. The molecule has 2 aromatic rings. The fourth-order valence-corrected chi connectivity index (χ4v) is 3.20. The zero-order valence-electron chi connectivity index (χ0n) is 13.9. The Hall–Kier alpha value is -2.36. The summed E-state index contributed by atoms with van der Waals surface area (Å²) in [5, 5.41) is 3.47. The first-order chi connectivity index (χ1) is 11.5. The molecule has 0 aliphatic heterocycles. The number of nitrogens with zero attached hydrogens (tertiary/aromatic N) is 1. The topological polar surface area (TPSA) is 80.3 Å². The molecule has 1 unspecified atom stereocenters. The molecular formula is C15H16F3N3O3S. The number of benzene rings is 1. The van der Waals surface area contributed by atoms with Gasteiger partial charge in [0.25, 0.3) is 0 Å². The maximum atomic E-state index is 13.6. The molecule has 1 heterocycles. The highest BCUT2D eigenvalue weighted by Crippen LogP contribution is 2.36. The molecule has 0 aliphatic carbocycles. The number of thiazole rings is 1. The number of ether oxygens (including phenoxy) is 1. The van der Waals surface area contributed by atoms with Gasteiger partial charge in [-0.2, -0.15) is 13.2 Å². The standard InChI is InChI=1S/C15H16F3N3O3S/c1-7-5-10-11(6-8(7)2)25-13(19-10)21-14(12(23)24-4,15(16,17)18)20-9(3)22/h5-6H,1-4H3,(H,19,21)(H,20,22). The predicted molar refractivity (Wildman–Crippen MR) is 87.3 cm³/mol. The largest absolute Gasteiger partial charge is 0.466 e. The number of anilines is 1. The number of fused-ring (bicyclic) bond motifs is 1. The van der Waals surface area contributed by atoms with E-state index in [0.717, 1.165) is 36.5 Å². The summed E-state index contributed by atoms with van der Waals surface area (Å²) in [4.78, 5) is 27.3. The van der Waals surface area contributed by atoms with Gasteiger partial charge in [0.05, 0.1) is 17.3 Å². The van der Waals surface area contributed by atoms with Crippen LogP contribution in [-0.2, 0) is 14.3 Å². The van der Waals surface area contributed by atoms with Crippen molar-refractivity contribution in [2.24, 2.45) is 0 Å². The molecule has 2 N–H and O–H groups in total. The van der Waals surface area contributed by atoms with E-state index in [2.05, 4.69) is 9.72 Å². The number of hydrogen-bond acceptors (Lipinski definition) is 6. The molecule has 1 atom stereocenters. The highest BCUT2D eigenvalue weighted by atomic mass is 32.1. The van der Waals surface area contributed by atoms with Crippen LogP contribution in [0.15, 0.2) is 12.1 Å². The number of rotatable bonds is 4. The van der Waals surface area contributed by atoms with Crippen LogP contribution in [0.2, 0.25) is 0 Å². The quantitative estimate of drug-likeness (QED) is 0.635. The van der Waals surface area contributed by atoms with E-state index in [1.807, 2.05) is 19.2 Å². The van der Waals surface area contributed by atoms with E-state index in [9.17, 15) is 22.8 Å². The van der Waals surface area contributed by atoms with Gasteiger partial charge < -0.3 is 15.4 Å². The lowest BCUT2D eigenvalue weighted by molar-refractivity contribution is -0.206. The van der Waals surface area contributed by atoms with Gasteiger partial charge in [-0.25, -0.2) is 9.78 Å². The number of carbonyl (C=O) groups excluding carboxylic acids is 2. The van der Waals surface area contributed by atoms with Crippen LogP contribution < -0.4 is 10.6 Å². The Morgan fingerprint density at radius 1 is 1.20 bits per heavy atom. The number of methoxy groups -OCH3 is 1. The molecule has 1 aromatic heterocycles. The van der Waals surface area contributed by atoms with Gasteiger partial charge in [-0.05, 0) is 37.1 Å². The molecule has 2 rings (SSSR count). The van der Waals surface area contributed by atoms with Gasteiger partial charge in [-0.1, -0.05) is 11.3 Å². The summed E-state index contributed by atoms with van der Waals surface area (Å²) in [7, 11) is 0.803. The maximum Gasteiger partial charge on any atom is 0.442 e. The minimum atomic E-state index is -5.16. The number of carbonyl (C=O) groups is 2. The first-order valence-electron chi connectivity index (χ1n) is 7.10. The van der Waals surface area contributed by atoms with Crippen LogP contribution in [0.4, 0.5) is 18.3 Å². The van der Waals surface area contributed by atoms with Crippen molar-refractivity contribution in [1.29, 1.82) is 0 Å². The molecular weight excluding hydrogens is 359 g/mol. The molecule has 0 fully saturated rings. The normalized spacial score (nSPS) is 14.0. The van der Waals surface area contributed by atoms with Crippen LogP contribution in [0.25, 0.3) is 10.2 Å². The number of hydrogen-bond donors (Lipinski definition) is 2. The average molecular weight is 375 g/mol. The van der Waals surface area contributed by atoms with Crippen LogP contribution >= 0.6 is 11.3 Å². The summed E-state index contributed by atoms with van der Waals surface area (Å²) in [6.45, 7) is 4.59.